The minimum Gasteiger partial charge on any atom is -0.303 e. The molecule has 1 heterocycles. The molecule has 0 aromatic heterocycles. The van der Waals surface area contributed by atoms with Gasteiger partial charge in [-0.15, -0.1) is 12.4 Å². The Labute approximate surface area is 154 Å². The number of piperazine rings is 1. The summed E-state index contributed by atoms with van der Waals surface area (Å²) in [6.45, 7) is 3.34. The monoisotopic (exact) mass is 384 g/mol. The third kappa shape index (κ3) is 4.03. The van der Waals surface area contributed by atoms with Crippen LogP contribution in [0.25, 0.3) is 0 Å². The van der Waals surface area contributed by atoms with Crippen LogP contribution in [0, 0.1) is 12.7 Å². The van der Waals surface area contributed by atoms with Gasteiger partial charge in [0.15, 0.2) is 0 Å². The van der Waals surface area contributed by atoms with Crippen LogP contribution in [0.5, 0.6) is 0 Å². The molecule has 0 radical (unpaired) electrons. The topological polar surface area (TPSA) is 40.6 Å². The van der Waals surface area contributed by atoms with Crippen LogP contribution >= 0.6 is 12.4 Å². The largest absolute Gasteiger partial charge is 0.303 e. The second kappa shape index (κ2) is 7.83. The number of rotatable bonds is 3. The first kappa shape index (κ1) is 19.8. The number of aryl methyl sites for hydroxylation is 1. The highest BCUT2D eigenvalue weighted by molar-refractivity contribution is 7.89. The summed E-state index contributed by atoms with van der Waals surface area (Å²) < 4.78 is 41.5. The van der Waals surface area contributed by atoms with Gasteiger partial charge in [-0.25, -0.2) is 12.8 Å². The van der Waals surface area contributed by atoms with Crippen molar-refractivity contribution in [1.82, 2.24) is 9.21 Å². The first-order valence-corrected chi connectivity index (χ1v) is 9.35. The lowest BCUT2D eigenvalue weighted by molar-refractivity contribution is 0.160. The number of hydrogen-bond acceptors (Lipinski definition) is 3. The molecule has 1 aliphatic rings. The Morgan fingerprint density at radius 2 is 1.76 bits per heavy atom. The number of sulfonamides is 1. The van der Waals surface area contributed by atoms with Crippen molar-refractivity contribution in [3.8, 4) is 0 Å². The Morgan fingerprint density at radius 1 is 1.08 bits per heavy atom. The van der Waals surface area contributed by atoms with Crippen LogP contribution in [0.3, 0.4) is 0 Å². The van der Waals surface area contributed by atoms with Gasteiger partial charge in [0.1, 0.15) is 5.82 Å². The zero-order valence-electron chi connectivity index (χ0n) is 14.2. The maximum atomic E-state index is 13.6. The standard InChI is InChI=1S/C18H21FN2O2S.ClH/c1-14-8-9-16(19)12-18(14)24(22,23)21-11-10-20(2)13-17(21)15-6-4-3-5-7-15;/h3-9,12,17H,10-11,13H2,1-2H3;1H. The normalized spacial score (nSPS) is 19.4. The van der Waals surface area contributed by atoms with Crippen LogP contribution in [0.2, 0.25) is 0 Å². The summed E-state index contributed by atoms with van der Waals surface area (Å²) in [5, 5.41) is 0. The van der Waals surface area contributed by atoms with Crippen LogP contribution in [-0.2, 0) is 10.0 Å². The molecule has 2 aromatic rings. The zero-order valence-corrected chi connectivity index (χ0v) is 15.9. The maximum Gasteiger partial charge on any atom is 0.244 e. The summed E-state index contributed by atoms with van der Waals surface area (Å²) in [6, 6.07) is 13.2. The SMILES string of the molecule is Cc1ccc(F)cc1S(=O)(=O)N1CCN(C)CC1c1ccccc1.Cl. The third-order valence-corrected chi connectivity index (χ3v) is 6.51. The van der Waals surface area contributed by atoms with Crippen molar-refractivity contribution < 1.29 is 12.8 Å². The third-order valence-electron chi connectivity index (χ3n) is 4.46. The quantitative estimate of drug-likeness (QED) is 0.815. The number of likely N-dealkylation sites (N-methyl/N-ethyl adjacent to an activating group) is 1. The molecule has 0 saturated carbocycles. The first-order valence-electron chi connectivity index (χ1n) is 7.91. The Morgan fingerprint density at radius 3 is 2.44 bits per heavy atom. The molecule has 1 saturated heterocycles. The van der Waals surface area contributed by atoms with Crippen LogP contribution in [0.1, 0.15) is 17.2 Å². The number of hydrogen-bond donors (Lipinski definition) is 0. The summed E-state index contributed by atoms with van der Waals surface area (Å²) in [6.07, 6.45) is 0. The van der Waals surface area contributed by atoms with Gasteiger partial charge in [-0.05, 0) is 37.2 Å². The van der Waals surface area contributed by atoms with Crippen molar-refractivity contribution in [2.75, 3.05) is 26.7 Å². The van der Waals surface area contributed by atoms with Gasteiger partial charge in [-0.2, -0.15) is 4.31 Å². The lowest BCUT2D eigenvalue weighted by atomic mass is 10.1. The van der Waals surface area contributed by atoms with Gasteiger partial charge in [0.2, 0.25) is 10.0 Å². The molecule has 0 amide bonds. The highest BCUT2D eigenvalue weighted by Crippen LogP contribution is 2.32. The van der Waals surface area contributed by atoms with Crippen LogP contribution in [0.15, 0.2) is 53.4 Å². The molecule has 7 heteroatoms. The molecule has 0 bridgehead atoms. The molecule has 1 aliphatic heterocycles. The highest BCUT2D eigenvalue weighted by atomic mass is 35.5. The summed E-state index contributed by atoms with van der Waals surface area (Å²) >= 11 is 0. The van der Waals surface area contributed by atoms with Gasteiger partial charge in [0.05, 0.1) is 10.9 Å². The van der Waals surface area contributed by atoms with E-state index >= 15 is 0 Å². The van der Waals surface area contributed by atoms with Gasteiger partial charge in [-0.3, -0.25) is 0 Å². The van der Waals surface area contributed by atoms with Crippen LogP contribution < -0.4 is 0 Å². The van der Waals surface area contributed by atoms with E-state index < -0.39 is 15.8 Å². The molecule has 1 fully saturated rings. The zero-order chi connectivity index (χ0) is 17.3. The van der Waals surface area contributed by atoms with Crippen molar-refractivity contribution in [3.63, 3.8) is 0 Å². The fourth-order valence-electron chi connectivity index (χ4n) is 3.12. The predicted molar refractivity (Wildman–Crippen MR) is 99.0 cm³/mol. The van der Waals surface area contributed by atoms with E-state index in [0.29, 0.717) is 25.2 Å². The van der Waals surface area contributed by atoms with E-state index in [0.717, 1.165) is 11.6 Å². The average Bonchev–Trinajstić information content (AvgIpc) is 2.57. The molecule has 0 spiro atoms. The Kier molecular flexibility index (Phi) is 6.21. The highest BCUT2D eigenvalue weighted by Gasteiger charge is 2.36. The Hall–Kier alpha value is -1.47. The summed E-state index contributed by atoms with van der Waals surface area (Å²) in [5.41, 5.74) is 1.50. The summed E-state index contributed by atoms with van der Waals surface area (Å²) in [5.74, 6) is -0.537. The smallest absolute Gasteiger partial charge is 0.244 e. The molecule has 2 aromatic carbocycles. The summed E-state index contributed by atoms with van der Waals surface area (Å²) in [7, 11) is -1.79. The fourth-order valence-corrected chi connectivity index (χ4v) is 4.95. The minimum absolute atomic E-state index is 0. The minimum atomic E-state index is -3.77. The first-order chi connectivity index (χ1) is 11.4. The molecule has 4 nitrogen and oxygen atoms in total. The van der Waals surface area contributed by atoms with E-state index in [9.17, 15) is 12.8 Å². The van der Waals surface area contributed by atoms with Crippen LogP contribution in [0.4, 0.5) is 4.39 Å². The second-order valence-corrected chi connectivity index (χ2v) is 8.07. The van der Waals surface area contributed by atoms with Crippen molar-refractivity contribution in [1.29, 1.82) is 0 Å². The predicted octanol–water partition coefficient (Wildman–Crippen LogP) is 3.23. The van der Waals surface area contributed by atoms with Crippen molar-refractivity contribution in [3.05, 3.63) is 65.5 Å². The number of nitrogens with zero attached hydrogens (tertiary/aromatic N) is 2. The lowest BCUT2D eigenvalue weighted by Crippen LogP contribution is -2.49. The second-order valence-electron chi connectivity index (χ2n) is 6.21. The van der Waals surface area contributed by atoms with E-state index in [1.165, 1.54) is 16.4 Å². The molecule has 3 rings (SSSR count). The van der Waals surface area contributed by atoms with Gasteiger partial charge in [0.25, 0.3) is 0 Å². The van der Waals surface area contributed by atoms with Gasteiger partial charge < -0.3 is 4.90 Å². The van der Waals surface area contributed by atoms with E-state index in [4.69, 9.17) is 0 Å². The maximum absolute atomic E-state index is 13.6. The molecule has 136 valence electrons. The van der Waals surface area contributed by atoms with Crippen molar-refractivity contribution in [2.45, 2.75) is 17.9 Å². The van der Waals surface area contributed by atoms with Gasteiger partial charge >= 0.3 is 0 Å². The van der Waals surface area contributed by atoms with Gasteiger partial charge in [0, 0.05) is 19.6 Å². The van der Waals surface area contributed by atoms with Crippen molar-refractivity contribution >= 4 is 22.4 Å². The average molecular weight is 385 g/mol. The summed E-state index contributed by atoms with van der Waals surface area (Å²) in [4.78, 5) is 2.16. The van der Waals surface area contributed by atoms with Gasteiger partial charge in [-0.1, -0.05) is 36.4 Å². The molecule has 0 N–H and O–H groups in total. The van der Waals surface area contributed by atoms with E-state index in [1.807, 2.05) is 37.4 Å². The van der Waals surface area contributed by atoms with Crippen LogP contribution in [-0.4, -0.2) is 44.3 Å². The van der Waals surface area contributed by atoms with E-state index in [1.54, 1.807) is 6.92 Å². The lowest BCUT2D eigenvalue weighted by Gasteiger charge is -2.39. The fraction of sp³-hybridized carbons (Fsp3) is 0.333. The molecule has 0 aliphatic carbocycles. The Bertz CT molecular complexity index is 830. The van der Waals surface area contributed by atoms with E-state index in [-0.39, 0.29) is 23.3 Å². The number of halogens is 2. The van der Waals surface area contributed by atoms with Crippen molar-refractivity contribution in [2.24, 2.45) is 0 Å². The number of benzene rings is 2. The molecule has 1 atom stereocenters. The molecular formula is C18H22ClFN2O2S. The molecule has 1 unspecified atom stereocenters. The Balaban J connectivity index is 0.00000225. The molecular weight excluding hydrogens is 363 g/mol. The molecule has 25 heavy (non-hydrogen) atoms. The van der Waals surface area contributed by atoms with E-state index in [2.05, 4.69) is 4.90 Å².